The first-order valence-corrected chi connectivity index (χ1v) is 8.02. The molecule has 0 spiro atoms. The van der Waals surface area contributed by atoms with Gasteiger partial charge in [0, 0.05) is 18.3 Å². The summed E-state index contributed by atoms with van der Waals surface area (Å²) in [5.41, 5.74) is 1.77. The van der Waals surface area contributed by atoms with Crippen molar-refractivity contribution in [1.82, 2.24) is 10.3 Å². The second-order valence-corrected chi connectivity index (χ2v) is 6.20. The number of nitrogens with one attached hydrogen (secondary N) is 1. The monoisotopic (exact) mass is 322 g/mol. The highest BCUT2D eigenvalue weighted by molar-refractivity contribution is 7.19. The molecule has 1 amide bonds. The highest BCUT2D eigenvalue weighted by Gasteiger charge is 2.29. The maximum absolute atomic E-state index is 12.4. The third kappa shape index (κ3) is 3.09. The van der Waals surface area contributed by atoms with Crippen LogP contribution >= 0.6 is 11.3 Å². The number of rotatable bonds is 3. The maximum atomic E-state index is 12.4. The van der Waals surface area contributed by atoms with Crippen LogP contribution < -0.4 is 10.2 Å². The van der Waals surface area contributed by atoms with Gasteiger partial charge in [0.1, 0.15) is 0 Å². The Morgan fingerprint density at radius 2 is 2.22 bits per heavy atom. The van der Waals surface area contributed by atoms with Gasteiger partial charge >= 0.3 is 0 Å². The Hall–Kier alpha value is -2.67. The second-order valence-electron chi connectivity index (χ2n) is 5.19. The lowest BCUT2D eigenvalue weighted by Gasteiger charge is -2.14. The lowest BCUT2D eigenvalue weighted by Crippen LogP contribution is -2.33. The number of thiazole rings is 1. The quantitative estimate of drug-likeness (QED) is 0.534. The molecule has 2 heterocycles. The Morgan fingerprint density at radius 3 is 2.83 bits per heavy atom. The first-order chi connectivity index (χ1) is 11.2. The van der Waals surface area contributed by atoms with Crippen molar-refractivity contribution in [3.8, 4) is 29.0 Å². The molecule has 0 radical (unpaired) electrons. The highest BCUT2D eigenvalue weighted by atomic mass is 32.1. The number of amides is 1. The predicted octanol–water partition coefficient (Wildman–Crippen LogP) is 2.21. The fourth-order valence-corrected chi connectivity index (χ4v) is 3.35. The van der Waals surface area contributed by atoms with E-state index in [-0.39, 0.29) is 11.8 Å². The standard InChI is InChI=1S/C17H14N4OS/c1-2-12-3-5-13(6-4-12)15-10-20-17(23-15)21(11-18)16(22)14-7-8-19-9-14/h1,3-6,10,14,19H,7-9H2/t14-/m0/s1. The Labute approximate surface area is 138 Å². The van der Waals surface area contributed by atoms with Crippen molar-refractivity contribution in [2.24, 2.45) is 5.92 Å². The lowest BCUT2D eigenvalue weighted by atomic mass is 10.1. The summed E-state index contributed by atoms with van der Waals surface area (Å²) < 4.78 is 0. The molecule has 114 valence electrons. The largest absolute Gasteiger partial charge is 0.316 e. The van der Waals surface area contributed by atoms with E-state index in [1.807, 2.05) is 30.5 Å². The van der Waals surface area contributed by atoms with Gasteiger partial charge in [0.25, 0.3) is 0 Å². The molecule has 0 bridgehead atoms. The molecule has 1 aromatic heterocycles. The zero-order valence-electron chi connectivity index (χ0n) is 12.3. The molecule has 23 heavy (non-hydrogen) atoms. The third-order valence-corrected chi connectivity index (χ3v) is 4.78. The van der Waals surface area contributed by atoms with Crippen molar-refractivity contribution in [2.45, 2.75) is 6.42 Å². The average Bonchev–Trinajstić information content (AvgIpc) is 3.27. The fourth-order valence-electron chi connectivity index (χ4n) is 2.47. The van der Waals surface area contributed by atoms with Crippen molar-refractivity contribution >= 4 is 22.4 Å². The molecule has 1 saturated heterocycles. The van der Waals surface area contributed by atoms with Gasteiger partial charge in [0.2, 0.25) is 11.0 Å². The molecule has 1 fully saturated rings. The van der Waals surface area contributed by atoms with E-state index in [0.717, 1.165) is 33.9 Å². The SMILES string of the molecule is C#Cc1ccc(-c2cnc(N(C#N)C(=O)[C@H]3CCNC3)s2)cc1. The van der Waals surface area contributed by atoms with Crippen LogP contribution in [0.4, 0.5) is 5.13 Å². The van der Waals surface area contributed by atoms with Gasteiger partial charge in [-0.25, -0.2) is 4.98 Å². The van der Waals surface area contributed by atoms with Gasteiger partial charge in [-0.3, -0.25) is 4.79 Å². The number of hydrogen-bond donors (Lipinski definition) is 1. The van der Waals surface area contributed by atoms with Crippen LogP contribution in [-0.4, -0.2) is 24.0 Å². The number of carbonyl (C=O) groups excluding carboxylic acids is 1. The van der Waals surface area contributed by atoms with Gasteiger partial charge in [-0.15, -0.1) is 6.42 Å². The third-order valence-electron chi connectivity index (χ3n) is 3.75. The summed E-state index contributed by atoms with van der Waals surface area (Å²) in [6, 6.07) is 7.52. The second kappa shape index (κ2) is 6.62. The van der Waals surface area contributed by atoms with Crippen LogP contribution in [0.5, 0.6) is 0 Å². The Balaban J connectivity index is 1.83. The zero-order valence-corrected chi connectivity index (χ0v) is 13.1. The van der Waals surface area contributed by atoms with Crippen molar-refractivity contribution < 1.29 is 4.79 Å². The Morgan fingerprint density at radius 1 is 1.43 bits per heavy atom. The molecule has 1 aliphatic heterocycles. The summed E-state index contributed by atoms with van der Waals surface area (Å²) in [5, 5.41) is 12.9. The van der Waals surface area contributed by atoms with E-state index in [9.17, 15) is 10.1 Å². The molecule has 1 aliphatic rings. The summed E-state index contributed by atoms with van der Waals surface area (Å²) in [5.74, 6) is 2.22. The number of anilines is 1. The van der Waals surface area contributed by atoms with Crippen LogP contribution in [0.15, 0.2) is 30.5 Å². The van der Waals surface area contributed by atoms with E-state index in [1.165, 1.54) is 11.3 Å². The average molecular weight is 322 g/mol. The molecule has 1 N–H and O–H groups in total. The molecular formula is C17H14N4OS. The van der Waals surface area contributed by atoms with Gasteiger partial charge in [0.05, 0.1) is 10.8 Å². The molecule has 0 aliphatic carbocycles. The summed E-state index contributed by atoms with van der Waals surface area (Å²) in [6.45, 7) is 1.42. The molecule has 0 unspecified atom stereocenters. The molecule has 1 aromatic carbocycles. The molecule has 3 rings (SSSR count). The molecule has 5 nitrogen and oxygen atoms in total. The minimum Gasteiger partial charge on any atom is -0.316 e. The van der Waals surface area contributed by atoms with Crippen LogP contribution in [0.1, 0.15) is 12.0 Å². The van der Waals surface area contributed by atoms with E-state index >= 15 is 0 Å². The van der Waals surface area contributed by atoms with Crippen molar-refractivity contribution in [1.29, 1.82) is 5.26 Å². The van der Waals surface area contributed by atoms with E-state index < -0.39 is 0 Å². The van der Waals surface area contributed by atoms with Crippen LogP contribution in [-0.2, 0) is 4.79 Å². The zero-order chi connectivity index (χ0) is 16.2. The first kappa shape index (κ1) is 15.2. The molecule has 0 saturated carbocycles. The molecule has 1 atom stereocenters. The van der Waals surface area contributed by atoms with E-state index in [2.05, 4.69) is 16.2 Å². The van der Waals surface area contributed by atoms with Crippen molar-refractivity contribution in [2.75, 3.05) is 18.0 Å². The van der Waals surface area contributed by atoms with Crippen molar-refractivity contribution in [3.63, 3.8) is 0 Å². The fraction of sp³-hybridized carbons (Fsp3) is 0.235. The number of benzene rings is 1. The minimum absolute atomic E-state index is 0.156. The van der Waals surface area contributed by atoms with Crippen LogP contribution in [0, 0.1) is 29.7 Å². The molecular weight excluding hydrogens is 308 g/mol. The number of terminal acetylenes is 1. The summed E-state index contributed by atoms with van der Waals surface area (Å²) in [4.78, 5) is 18.6. The highest BCUT2D eigenvalue weighted by Crippen LogP contribution is 2.32. The summed E-state index contributed by atoms with van der Waals surface area (Å²) in [7, 11) is 0. The van der Waals surface area contributed by atoms with Crippen LogP contribution in [0.3, 0.4) is 0 Å². The van der Waals surface area contributed by atoms with Crippen LogP contribution in [0.2, 0.25) is 0 Å². The van der Waals surface area contributed by atoms with Gasteiger partial charge < -0.3 is 5.32 Å². The summed E-state index contributed by atoms with van der Waals surface area (Å²) in [6.07, 6.45) is 9.73. The smallest absolute Gasteiger partial charge is 0.246 e. The van der Waals surface area contributed by atoms with Gasteiger partial charge in [-0.1, -0.05) is 29.4 Å². The molecule has 6 heteroatoms. The normalized spacial score (nSPS) is 16.5. The van der Waals surface area contributed by atoms with Gasteiger partial charge in [-0.2, -0.15) is 10.2 Å². The van der Waals surface area contributed by atoms with Crippen molar-refractivity contribution in [3.05, 3.63) is 36.0 Å². The maximum Gasteiger partial charge on any atom is 0.246 e. The van der Waals surface area contributed by atoms with E-state index in [0.29, 0.717) is 11.7 Å². The number of nitriles is 1. The molecule has 2 aromatic rings. The number of nitrogens with zero attached hydrogens (tertiary/aromatic N) is 3. The first-order valence-electron chi connectivity index (χ1n) is 7.20. The lowest BCUT2D eigenvalue weighted by molar-refractivity contribution is -0.121. The number of carbonyl (C=O) groups is 1. The number of aromatic nitrogens is 1. The topological polar surface area (TPSA) is 69.0 Å². The van der Waals surface area contributed by atoms with Gasteiger partial charge in [-0.05, 0) is 30.7 Å². The minimum atomic E-state index is -0.193. The van der Waals surface area contributed by atoms with E-state index in [4.69, 9.17) is 6.42 Å². The summed E-state index contributed by atoms with van der Waals surface area (Å²) >= 11 is 1.32. The Kier molecular flexibility index (Phi) is 4.38. The van der Waals surface area contributed by atoms with E-state index in [1.54, 1.807) is 6.20 Å². The predicted molar refractivity (Wildman–Crippen MR) is 89.6 cm³/mol. The van der Waals surface area contributed by atoms with Gasteiger partial charge in [0.15, 0.2) is 6.19 Å². The van der Waals surface area contributed by atoms with Crippen LogP contribution in [0.25, 0.3) is 10.4 Å². The Bertz CT molecular complexity index is 791. The number of hydrogen-bond acceptors (Lipinski definition) is 5.